The lowest BCUT2D eigenvalue weighted by Crippen LogP contribution is -2.93. The summed E-state index contributed by atoms with van der Waals surface area (Å²) in [6.45, 7) is 0. The summed E-state index contributed by atoms with van der Waals surface area (Å²) in [5.74, 6) is 0. The van der Waals surface area contributed by atoms with Crippen molar-refractivity contribution in [1.29, 1.82) is 0 Å². The van der Waals surface area contributed by atoms with E-state index < -0.39 is 88.5 Å². The molecule has 6 aliphatic rings. The molecule has 0 aromatic heterocycles. The predicted molar refractivity (Wildman–Crippen MR) is 309 cm³/mol. The summed E-state index contributed by atoms with van der Waals surface area (Å²) < 4.78 is 141. The molecule has 8 bridgehead atoms. The molecule has 6 fully saturated rings. The van der Waals surface area contributed by atoms with Crippen LogP contribution in [0.4, 0.5) is 0 Å². The first-order chi connectivity index (χ1) is 39.0. The van der Waals surface area contributed by atoms with Crippen LogP contribution in [0.5, 0.6) is 0 Å². The van der Waals surface area contributed by atoms with Gasteiger partial charge in [-0.3, -0.25) is 0 Å². The molecule has 0 unspecified atom stereocenters. The molecule has 0 atom stereocenters. The molecule has 6 aliphatic heterocycles. The Hall–Kier alpha value is -4.79. The van der Waals surface area contributed by atoms with Crippen molar-refractivity contribution in [2.24, 2.45) is 0 Å². The third kappa shape index (κ3) is 9.24. The van der Waals surface area contributed by atoms with Crippen LogP contribution in [-0.4, -0.2) is 117 Å². The van der Waals surface area contributed by atoms with E-state index in [2.05, 4.69) is 0 Å². The Morgan fingerprint density at radius 1 is 0.175 bits per heavy atom. The normalized spacial score (nSPS) is 32.4. The second-order valence-corrected chi connectivity index (χ2v) is 47.2. The van der Waals surface area contributed by atoms with Crippen molar-refractivity contribution in [3.8, 4) is 0 Å². The van der Waals surface area contributed by atoms with Gasteiger partial charge in [0.15, 0.2) is 0 Å². The summed E-state index contributed by atoms with van der Waals surface area (Å²) in [5, 5.41) is 3.07. The van der Waals surface area contributed by atoms with E-state index in [0.29, 0.717) is 41.5 Å². The van der Waals surface area contributed by atoms with Crippen LogP contribution in [0.25, 0.3) is 0 Å². The van der Waals surface area contributed by atoms with Crippen molar-refractivity contribution in [3.63, 3.8) is 0 Å². The van der Waals surface area contributed by atoms with Gasteiger partial charge in [0.25, 0.3) is 0 Å². The topological polar surface area (TPSA) is 166 Å². The Morgan fingerprint density at radius 3 is 0.400 bits per heavy atom. The van der Waals surface area contributed by atoms with Crippen molar-refractivity contribution in [3.05, 3.63) is 243 Å². The van der Waals surface area contributed by atoms with Gasteiger partial charge in [-0.15, -0.1) is 0 Å². The van der Waals surface area contributed by atoms with Crippen molar-refractivity contribution in [2.45, 2.75) is 0 Å². The average Bonchev–Trinajstić information content (AvgIpc) is 3.70. The Morgan fingerprint density at radius 2 is 0.287 bits per heavy atom. The van der Waals surface area contributed by atoms with Crippen LogP contribution in [0.15, 0.2) is 243 Å². The van der Waals surface area contributed by atoms with Gasteiger partial charge in [0.2, 0.25) is 0 Å². The molecular formula is C52H52O18Si10. The molecule has 6 saturated heterocycles. The van der Waals surface area contributed by atoms with Crippen LogP contribution in [0.1, 0.15) is 0 Å². The molecule has 14 rings (SSSR count). The van der Waals surface area contributed by atoms with Gasteiger partial charge < -0.3 is 75.3 Å². The molecule has 28 heteroatoms. The zero-order valence-corrected chi connectivity index (χ0v) is 53.4. The number of hydrogen-bond acceptors (Lipinski definition) is 18. The summed E-state index contributed by atoms with van der Waals surface area (Å²) in [4.78, 5) is 0. The summed E-state index contributed by atoms with van der Waals surface area (Å²) in [5.41, 5.74) is 0. The maximum absolute atomic E-state index is 8.35. The third-order valence-electron chi connectivity index (χ3n) is 13.7. The van der Waals surface area contributed by atoms with E-state index in [9.17, 15) is 0 Å². The highest BCUT2D eigenvalue weighted by molar-refractivity contribution is 7.12. The molecule has 0 saturated carbocycles. The van der Waals surface area contributed by atoms with Crippen LogP contribution >= 0.6 is 0 Å². The van der Waals surface area contributed by atoms with Gasteiger partial charge in [-0.25, -0.2) is 0 Å². The lowest BCUT2D eigenvalue weighted by Gasteiger charge is -2.59. The van der Waals surface area contributed by atoms with E-state index in [1.54, 1.807) is 0 Å². The molecule has 6 heterocycles. The monoisotopic (exact) mass is 1240 g/mol. The maximum atomic E-state index is 8.35. The van der Waals surface area contributed by atoms with E-state index in [1.807, 2.05) is 243 Å². The molecule has 408 valence electrons. The third-order valence-corrected chi connectivity index (χ3v) is 53.9. The molecule has 8 aromatic rings. The fourth-order valence-corrected chi connectivity index (χ4v) is 62.6. The minimum Gasteiger partial charge on any atom is -0.366 e. The van der Waals surface area contributed by atoms with Gasteiger partial charge >= 0.3 is 88.5 Å². The van der Waals surface area contributed by atoms with Crippen molar-refractivity contribution < 1.29 is 75.3 Å². The first-order valence-electron chi connectivity index (χ1n) is 25.5. The van der Waals surface area contributed by atoms with Gasteiger partial charge in [0, 0.05) is 69.9 Å². The number of fused-ring (bicyclic) bond motifs is 4. The van der Waals surface area contributed by atoms with Crippen molar-refractivity contribution in [1.82, 2.24) is 0 Å². The molecule has 18 nitrogen and oxygen atoms in total. The second kappa shape index (κ2) is 21.1. The average molecular weight is 1250 g/mol. The highest BCUT2D eigenvalue weighted by Gasteiger charge is 2.85. The second-order valence-electron chi connectivity index (χ2n) is 18.6. The van der Waals surface area contributed by atoms with Gasteiger partial charge in [-0.2, -0.15) is 0 Å². The summed E-state index contributed by atoms with van der Waals surface area (Å²) in [6, 6.07) is 73.9. The zero-order chi connectivity index (χ0) is 54.6. The number of benzene rings is 8. The Bertz CT molecular complexity index is 2950. The van der Waals surface area contributed by atoms with Gasteiger partial charge in [0.05, 0.1) is 0 Å². The predicted octanol–water partition coefficient (Wildman–Crippen LogP) is 2.51. The van der Waals surface area contributed by atoms with Crippen molar-refractivity contribution >= 4 is 130 Å². The molecule has 8 aromatic carbocycles. The minimum absolute atomic E-state index is 0.380. The molecule has 0 aliphatic carbocycles. The fourth-order valence-electron chi connectivity index (χ4n) is 10.0. The molecule has 80 heavy (non-hydrogen) atoms. The molecular weight excluding hydrogens is 1190 g/mol. The van der Waals surface area contributed by atoms with Crippen LogP contribution in [0.2, 0.25) is 0 Å². The molecule has 0 N–H and O–H groups in total. The lowest BCUT2D eigenvalue weighted by atomic mass is 10.4. The molecule has 0 amide bonds. The van der Waals surface area contributed by atoms with Gasteiger partial charge in [-0.1, -0.05) is 243 Å². The van der Waals surface area contributed by atoms with Crippen LogP contribution in [0, 0.1) is 0 Å². The van der Waals surface area contributed by atoms with E-state index in [0.717, 1.165) is 0 Å². The minimum atomic E-state index is -5.31. The van der Waals surface area contributed by atoms with E-state index >= 15 is 0 Å². The summed E-state index contributed by atoms with van der Waals surface area (Å²) in [7, 11) is -46.3. The van der Waals surface area contributed by atoms with E-state index in [1.165, 1.54) is 28.4 Å². The highest BCUT2D eigenvalue weighted by atomic mass is 28.6. The molecule has 0 radical (unpaired) electrons. The van der Waals surface area contributed by atoms with E-state index in [-0.39, 0.29) is 0 Å². The zero-order valence-electron chi connectivity index (χ0n) is 43.4. The van der Waals surface area contributed by atoms with Crippen LogP contribution in [0.3, 0.4) is 0 Å². The highest BCUT2D eigenvalue weighted by Crippen LogP contribution is 2.47. The SMILES string of the molecule is CO[Si]1(OC)O[Si]2(c3ccccc3)O[Si]3(c4ccccc4)O[Si]4(c5ccccc5)O[Si](OC)(OC)O[Si]5(c6ccccc6)O[Si](c6ccccc6)(O[Si](c6ccccc6)(O1)O[Si](c1ccccc1)(O5)O[Si](c1ccccc1)(O2)O4)O3. The first kappa shape index (κ1) is 54.5. The summed E-state index contributed by atoms with van der Waals surface area (Å²) >= 11 is 0. The quantitative estimate of drug-likeness (QED) is 0.164. The Labute approximate surface area is 473 Å². The fraction of sp³-hybridized carbons (Fsp3) is 0.0769. The number of rotatable bonds is 12. The lowest BCUT2D eigenvalue weighted by molar-refractivity contribution is -0.0260. The van der Waals surface area contributed by atoms with E-state index in [4.69, 9.17) is 75.3 Å². The maximum Gasteiger partial charge on any atom is 0.664 e. The standard InChI is InChI=1S/C52H52O18Si10/c1-53-79(54-2)67-75(49-37-21-9-22-38-49)59-71(45-29-13-5-14-30-45)57-72(46-31-15-6-16-32-46)60-76(68-79,50-39-23-10-24-40-50)62-74(48-35-19-8-20-36-48)58-73(61-75,47-33-17-7-18-34-47)65-77(63-71,51-41-25-11-26-42-51)69-80(55-3,56-4)70-78(64-72,66-74)52-43-27-12-28-44-52/h5-44H,1-4H3. The largest absolute Gasteiger partial charge is 0.664 e. The molecule has 0 spiro atoms. The Kier molecular flexibility index (Phi) is 14.4. The number of hydrogen-bond donors (Lipinski definition) is 0. The van der Waals surface area contributed by atoms with Gasteiger partial charge in [0.1, 0.15) is 0 Å². The van der Waals surface area contributed by atoms with Crippen LogP contribution < -0.4 is 41.5 Å². The van der Waals surface area contributed by atoms with Crippen LogP contribution in [-0.2, 0) is 75.3 Å². The first-order valence-corrected chi connectivity index (χ1v) is 42.5. The van der Waals surface area contributed by atoms with Crippen molar-refractivity contribution in [2.75, 3.05) is 28.4 Å². The van der Waals surface area contributed by atoms with Gasteiger partial charge in [-0.05, 0) is 0 Å². The summed E-state index contributed by atoms with van der Waals surface area (Å²) in [6.07, 6.45) is 0. The smallest absolute Gasteiger partial charge is 0.366 e. The Balaban J connectivity index is 1.33.